The number of hydrogen-bond acceptors (Lipinski definition) is 3. The summed E-state index contributed by atoms with van der Waals surface area (Å²) in [6.07, 6.45) is 6.55. The van der Waals surface area contributed by atoms with E-state index in [0.717, 1.165) is 37.3 Å². The molecular formula is C26H32N2O2. The highest BCUT2D eigenvalue weighted by molar-refractivity contribution is 5.28. The Bertz CT molecular complexity index is 936. The Balaban J connectivity index is 1.37. The SMILES string of the molecule is Cc1c(OCc2ccccc2)c(=O)ccn1CCCCCCNCc1ccccc1. The molecular weight excluding hydrogens is 372 g/mol. The van der Waals surface area contributed by atoms with Crippen LogP contribution in [0.1, 0.15) is 42.5 Å². The molecule has 3 aromatic rings. The molecule has 0 aliphatic heterocycles. The van der Waals surface area contributed by atoms with E-state index in [0.29, 0.717) is 12.4 Å². The van der Waals surface area contributed by atoms with E-state index in [9.17, 15) is 4.79 Å². The molecule has 3 rings (SSSR count). The van der Waals surface area contributed by atoms with Crippen LogP contribution in [0.5, 0.6) is 5.75 Å². The lowest BCUT2D eigenvalue weighted by atomic mass is 10.1. The van der Waals surface area contributed by atoms with E-state index in [4.69, 9.17) is 4.74 Å². The fraction of sp³-hybridized carbons (Fsp3) is 0.346. The van der Waals surface area contributed by atoms with Gasteiger partial charge in [-0.25, -0.2) is 0 Å². The highest BCUT2D eigenvalue weighted by Gasteiger charge is 2.09. The Hall–Kier alpha value is -2.85. The Morgan fingerprint density at radius 3 is 2.23 bits per heavy atom. The van der Waals surface area contributed by atoms with E-state index >= 15 is 0 Å². The van der Waals surface area contributed by atoms with Crippen LogP contribution in [0, 0.1) is 6.92 Å². The number of nitrogens with zero attached hydrogens (tertiary/aromatic N) is 1. The number of nitrogens with one attached hydrogen (secondary N) is 1. The molecule has 1 aromatic heterocycles. The van der Waals surface area contributed by atoms with Crippen molar-refractivity contribution in [3.8, 4) is 5.75 Å². The molecule has 0 radical (unpaired) electrons. The first-order valence-corrected chi connectivity index (χ1v) is 10.9. The molecule has 2 aromatic carbocycles. The predicted molar refractivity (Wildman–Crippen MR) is 123 cm³/mol. The summed E-state index contributed by atoms with van der Waals surface area (Å²) in [6.45, 7) is 5.27. The number of ether oxygens (including phenoxy) is 1. The lowest BCUT2D eigenvalue weighted by Gasteiger charge is -2.15. The summed E-state index contributed by atoms with van der Waals surface area (Å²) < 4.78 is 8.00. The van der Waals surface area contributed by atoms with Crippen LogP contribution >= 0.6 is 0 Å². The molecule has 0 spiro atoms. The largest absolute Gasteiger partial charge is 0.483 e. The molecule has 0 aliphatic carbocycles. The van der Waals surface area contributed by atoms with Gasteiger partial charge < -0.3 is 14.6 Å². The minimum atomic E-state index is -0.0517. The zero-order valence-corrected chi connectivity index (χ0v) is 17.8. The van der Waals surface area contributed by atoms with Gasteiger partial charge in [0.2, 0.25) is 5.43 Å². The number of unbranched alkanes of at least 4 members (excludes halogenated alkanes) is 3. The van der Waals surface area contributed by atoms with Gasteiger partial charge in [-0.2, -0.15) is 0 Å². The van der Waals surface area contributed by atoms with Gasteiger partial charge in [0.05, 0.1) is 5.69 Å². The van der Waals surface area contributed by atoms with Crippen LogP contribution in [-0.4, -0.2) is 11.1 Å². The molecule has 30 heavy (non-hydrogen) atoms. The molecule has 158 valence electrons. The Labute approximate surface area is 179 Å². The molecule has 0 bridgehead atoms. The van der Waals surface area contributed by atoms with Gasteiger partial charge >= 0.3 is 0 Å². The molecule has 0 aliphatic rings. The number of hydrogen-bond donors (Lipinski definition) is 1. The smallest absolute Gasteiger partial charge is 0.223 e. The highest BCUT2D eigenvalue weighted by Crippen LogP contribution is 2.15. The van der Waals surface area contributed by atoms with Crippen molar-refractivity contribution in [1.82, 2.24) is 9.88 Å². The zero-order chi connectivity index (χ0) is 21.0. The predicted octanol–water partition coefficient (Wildman–Crippen LogP) is 5.09. The third kappa shape index (κ3) is 6.89. The van der Waals surface area contributed by atoms with Crippen LogP contribution in [0.3, 0.4) is 0 Å². The van der Waals surface area contributed by atoms with Crippen molar-refractivity contribution in [3.63, 3.8) is 0 Å². The first kappa shape index (κ1) is 21.8. The van der Waals surface area contributed by atoms with Crippen molar-refractivity contribution in [2.24, 2.45) is 0 Å². The summed E-state index contributed by atoms with van der Waals surface area (Å²) in [5.41, 5.74) is 3.25. The normalized spacial score (nSPS) is 10.8. The van der Waals surface area contributed by atoms with Gasteiger partial charge in [0.1, 0.15) is 6.61 Å². The molecule has 4 heteroatoms. The third-order valence-corrected chi connectivity index (χ3v) is 5.29. The van der Waals surface area contributed by atoms with E-state index < -0.39 is 0 Å². The Morgan fingerprint density at radius 2 is 1.50 bits per heavy atom. The average Bonchev–Trinajstić information content (AvgIpc) is 2.78. The Morgan fingerprint density at radius 1 is 0.833 bits per heavy atom. The zero-order valence-electron chi connectivity index (χ0n) is 17.8. The fourth-order valence-electron chi connectivity index (χ4n) is 3.52. The first-order valence-electron chi connectivity index (χ1n) is 10.9. The summed E-state index contributed by atoms with van der Waals surface area (Å²) in [5, 5.41) is 3.50. The lowest BCUT2D eigenvalue weighted by Crippen LogP contribution is -2.15. The van der Waals surface area contributed by atoms with Gasteiger partial charge in [-0.05, 0) is 37.4 Å². The van der Waals surface area contributed by atoms with Gasteiger partial charge in [0.15, 0.2) is 5.75 Å². The van der Waals surface area contributed by atoms with Crippen LogP contribution in [0.4, 0.5) is 0 Å². The van der Waals surface area contributed by atoms with E-state index in [1.54, 1.807) is 6.07 Å². The van der Waals surface area contributed by atoms with Crippen LogP contribution in [0.25, 0.3) is 0 Å². The summed E-state index contributed by atoms with van der Waals surface area (Å²) >= 11 is 0. The number of benzene rings is 2. The van der Waals surface area contributed by atoms with E-state index in [1.807, 2.05) is 49.5 Å². The second kappa shape index (κ2) is 12.0. The minimum Gasteiger partial charge on any atom is -0.483 e. The maximum atomic E-state index is 12.2. The van der Waals surface area contributed by atoms with Gasteiger partial charge in [-0.3, -0.25) is 4.79 Å². The highest BCUT2D eigenvalue weighted by atomic mass is 16.5. The standard InChI is InChI=1S/C26H32N2O2/c1-22-26(30-21-24-14-8-5-9-15-24)25(29)16-19-28(22)18-11-3-2-10-17-27-20-23-12-6-4-7-13-23/h4-9,12-16,19,27H,2-3,10-11,17-18,20-21H2,1H3. The second-order valence-electron chi connectivity index (χ2n) is 7.64. The fourth-order valence-corrected chi connectivity index (χ4v) is 3.52. The maximum Gasteiger partial charge on any atom is 0.223 e. The van der Waals surface area contributed by atoms with Crippen molar-refractivity contribution in [2.75, 3.05) is 6.54 Å². The summed E-state index contributed by atoms with van der Waals surface area (Å²) in [7, 11) is 0. The van der Waals surface area contributed by atoms with E-state index in [-0.39, 0.29) is 5.43 Å². The van der Waals surface area contributed by atoms with Crippen molar-refractivity contribution >= 4 is 0 Å². The lowest BCUT2D eigenvalue weighted by molar-refractivity contribution is 0.296. The van der Waals surface area contributed by atoms with Crippen molar-refractivity contribution in [2.45, 2.75) is 52.3 Å². The van der Waals surface area contributed by atoms with E-state index in [2.05, 4.69) is 34.1 Å². The topological polar surface area (TPSA) is 43.3 Å². The molecule has 1 N–H and O–H groups in total. The number of aromatic nitrogens is 1. The molecule has 1 heterocycles. The molecule has 0 amide bonds. The van der Waals surface area contributed by atoms with Gasteiger partial charge in [-0.1, -0.05) is 73.5 Å². The number of rotatable bonds is 12. The van der Waals surface area contributed by atoms with Gasteiger partial charge in [-0.15, -0.1) is 0 Å². The molecule has 0 unspecified atom stereocenters. The Kier molecular flexibility index (Phi) is 8.73. The van der Waals surface area contributed by atoms with Crippen LogP contribution in [0.2, 0.25) is 0 Å². The van der Waals surface area contributed by atoms with Crippen LogP contribution < -0.4 is 15.5 Å². The van der Waals surface area contributed by atoms with Crippen molar-refractivity contribution < 1.29 is 4.74 Å². The van der Waals surface area contributed by atoms with Crippen molar-refractivity contribution in [1.29, 1.82) is 0 Å². The monoisotopic (exact) mass is 404 g/mol. The summed E-state index contributed by atoms with van der Waals surface area (Å²) in [4.78, 5) is 12.2. The maximum absolute atomic E-state index is 12.2. The molecule has 0 saturated carbocycles. The van der Waals surface area contributed by atoms with E-state index in [1.165, 1.54) is 24.8 Å². The second-order valence-corrected chi connectivity index (χ2v) is 7.64. The number of pyridine rings is 1. The van der Waals surface area contributed by atoms with Crippen molar-refractivity contribution in [3.05, 3.63) is 100.0 Å². The third-order valence-electron chi connectivity index (χ3n) is 5.29. The first-order chi connectivity index (χ1) is 14.7. The number of aryl methyl sites for hydroxylation is 1. The summed E-state index contributed by atoms with van der Waals surface area (Å²) in [5.74, 6) is 0.464. The van der Waals surface area contributed by atoms with Crippen LogP contribution in [-0.2, 0) is 19.7 Å². The molecule has 0 fully saturated rings. The molecule has 4 nitrogen and oxygen atoms in total. The van der Waals surface area contributed by atoms with Crippen LogP contribution in [0.15, 0.2) is 77.7 Å². The average molecular weight is 405 g/mol. The minimum absolute atomic E-state index is 0.0517. The van der Waals surface area contributed by atoms with Gasteiger partial charge in [0, 0.05) is 25.4 Å². The van der Waals surface area contributed by atoms with Gasteiger partial charge in [0.25, 0.3) is 0 Å². The molecule has 0 atom stereocenters. The molecule has 0 saturated heterocycles. The quantitative estimate of drug-likeness (QED) is 0.428. The summed E-state index contributed by atoms with van der Waals surface area (Å²) in [6, 6.07) is 22.1.